The normalized spacial score (nSPS) is 14.0. The maximum atomic E-state index is 12.2. The molecule has 0 bridgehead atoms. The zero-order valence-electron chi connectivity index (χ0n) is 16.6. The molecule has 28 heavy (non-hydrogen) atoms. The lowest BCUT2D eigenvalue weighted by molar-refractivity contribution is -0.121. The van der Waals surface area contributed by atoms with E-state index in [1.54, 1.807) is 6.20 Å². The molecule has 5 nitrogen and oxygen atoms in total. The summed E-state index contributed by atoms with van der Waals surface area (Å²) in [6.07, 6.45) is 6.88. The van der Waals surface area contributed by atoms with Crippen LogP contribution < -0.4 is 10.2 Å². The molecule has 0 aliphatic carbocycles. The van der Waals surface area contributed by atoms with Gasteiger partial charge in [0.05, 0.1) is 0 Å². The molecular weight excluding hydrogens is 350 g/mol. The highest BCUT2D eigenvalue weighted by Crippen LogP contribution is 2.18. The van der Waals surface area contributed by atoms with Gasteiger partial charge >= 0.3 is 0 Å². The molecule has 1 N–H and O–H groups in total. The van der Waals surface area contributed by atoms with Gasteiger partial charge in [-0.2, -0.15) is 0 Å². The van der Waals surface area contributed by atoms with Crippen LogP contribution in [0.1, 0.15) is 60.5 Å². The van der Waals surface area contributed by atoms with E-state index in [0.29, 0.717) is 12.1 Å². The number of aromatic nitrogens is 1. The molecule has 1 saturated heterocycles. The number of hydrogen-bond acceptors (Lipinski definition) is 4. The molecule has 3 rings (SSSR count). The minimum atomic E-state index is -0.102. The highest BCUT2D eigenvalue weighted by Gasteiger charge is 2.13. The Hall–Kier alpha value is -2.69. The zero-order valence-corrected chi connectivity index (χ0v) is 16.6. The van der Waals surface area contributed by atoms with Crippen molar-refractivity contribution in [1.82, 2.24) is 10.3 Å². The van der Waals surface area contributed by atoms with Crippen LogP contribution >= 0.6 is 0 Å². The average molecular weight is 380 g/mol. The summed E-state index contributed by atoms with van der Waals surface area (Å²) in [6.45, 7) is 4.63. The Morgan fingerprint density at radius 1 is 1.00 bits per heavy atom. The van der Waals surface area contributed by atoms with Crippen molar-refractivity contribution >= 4 is 17.5 Å². The number of nitrogens with one attached hydrogen (secondary N) is 1. The maximum Gasteiger partial charge on any atom is 0.220 e. The third kappa shape index (κ3) is 5.65. The van der Waals surface area contributed by atoms with Crippen LogP contribution in [0.15, 0.2) is 42.6 Å². The molecule has 1 aliphatic rings. The van der Waals surface area contributed by atoms with Gasteiger partial charge in [0.25, 0.3) is 0 Å². The number of pyridine rings is 1. The van der Waals surface area contributed by atoms with Gasteiger partial charge in [-0.1, -0.05) is 31.2 Å². The zero-order chi connectivity index (χ0) is 19.8. The monoisotopic (exact) mass is 379 g/mol. The molecule has 1 aromatic carbocycles. The molecule has 0 radical (unpaired) electrons. The third-order valence-corrected chi connectivity index (χ3v) is 5.24. The van der Waals surface area contributed by atoms with Crippen molar-refractivity contribution in [3.8, 4) is 0 Å². The number of ketones is 1. The average Bonchev–Trinajstić information content (AvgIpc) is 2.77. The summed E-state index contributed by atoms with van der Waals surface area (Å²) in [4.78, 5) is 31.2. The lowest BCUT2D eigenvalue weighted by atomic mass is 10.0. The van der Waals surface area contributed by atoms with E-state index in [4.69, 9.17) is 0 Å². The van der Waals surface area contributed by atoms with E-state index in [-0.39, 0.29) is 24.5 Å². The van der Waals surface area contributed by atoms with Gasteiger partial charge in [0.1, 0.15) is 5.82 Å². The Morgan fingerprint density at radius 2 is 1.75 bits per heavy atom. The summed E-state index contributed by atoms with van der Waals surface area (Å²) in [5, 5.41) is 2.92. The number of amides is 1. The SMILES string of the molecule is CCc1ccc(C(=O)CCC(=O)NCc2ccnc(N3CCCCC3)c2)cc1. The number of hydrogen-bond donors (Lipinski definition) is 1. The summed E-state index contributed by atoms with van der Waals surface area (Å²) in [7, 11) is 0. The Balaban J connectivity index is 1.45. The summed E-state index contributed by atoms with van der Waals surface area (Å²) >= 11 is 0. The van der Waals surface area contributed by atoms with Gasteiger partial charge in [0.2, 0.25) is 5.91 Å². The third-order valence-electron chi connectivity index (χ3n) is 5.24. The summed E-state index contributed by atoms with van der Waals surface area (Å²) in [5.41, 5.74) is 2.91. The fourth-order valence-electron chi connectivity index (χ4n) is 3.45. The molecular formula is C23H29N3O2. The highest BCUT2D eigenvalue weighted by molar-refractivity contribution is 5.97. The molecule has 2 heterocycles. The van der Waals surface area contributed by atoms with E-state index < -0.39 is 0 Å². The highest BCUT2D eigenvalue weighted by atomic mass is 16.2. The molecule has 0 saturated carbocycles. The van der Waals surface area contributed by atoms with Crippen molar-refractivity contribution in [3.05, 3.63) is 59.3 Å². The van der Waals surface area contributed by atoms with Crippen LogP contribution in [-0.2, 0) is 17.8 Å². The standard InChI is InChI=1S/C23H29N3O2/c1-2-18-6-8-20(9-7-18)21(27)10-11-23(28)25-17-19-12-13-24-22(16-19)26-14-4-3-5-15-26/h6-9,12-13,16H,2-5,10-11,14-15,17H2,1H3,(H,25,28). The van der Waals surface area contributed by atoms with Crippen LogP contribution in [0.25, 0.3) is 0 Å². The first-order valence-electron chi connectivity index (χ1n) is 10.2. The van der Waals surface area contributed by atoms with Gasteiger partial charge in [0.15, 0.2) is 5.78 Å². The fraction of sp³-hybridized carbons (Fsp3) is 0.435. The number of carbonyl (C=O) groups is 2. The van der Waals surface area contributed by atoms with Crippen molar-refractivity contribution in [2.75, 3.05) is 18.0 Å². The lowest BCUT2D eigenvalue weighted by Gasteiger charge is -2.27. The second-order valence-electron chi connectivity index (χ2n) is 7.32. The summed E-state index contributed by atoms with van der Waals surface area (Å²) in [6, 6.07) is 11.6. The number of rotatable bonds is 8. The minimum Gasteiger partial charge on any atom is -0.357 e. The Kier molecular flexibility index (Phi) is 7.18. The van der Waals surface area contributed by atoms with Crippen LogP contribution in [-0.4, -0.2) is 29.8 Å². The first-order valence-corrected chi connectivity index (χ1v) is 10.2. The van der Waals surface area contributed by atoms with Gasteiger partial charge < -0.3 is 10.2 Å². The number of piperidine rings is 1. The van der Waals surface area contributed by atoms with Gasteiger partial charge in [-0.15, -0.1) is 0 Å². The Labute approximate surface area is 167 Å². The topological polar surface area (TPSA) is 62.3 Å². The molecule has 0 unspecified atom stereocenters. The number of anilines is 1. The van der Waals surface area contributed by atoms with E-state index in [9.17, 15) is 9.59 Å². The summed E-state index contributed by atoms with van der Waals surface area (Å²) in [5.74, 6) is 0.890. The smallest absolute Gasteiger partial charge is 0.220 e. The van der Waals surface area contributed by atoms with Gasteiger partial charge in [0, 0.05) is 44.2 Å². The largest absolute Gasteiger partial charge is 0.357 e. The van der Waals surface area contributed by atoms with Crippen LogP contribution in [0.4, 0.5) is 5.82 Å². The van der Waals surface area contributed by atoms with E-state index in [1.807, 2.05) is 36.4 Å². The number of carbonyl (C=O) groups excluding carboxylic acids is 2. The van der Waals surface area contributed by atoms with Gasteiger partial charge in [-0.3, -0.25) is 9.59 Å². The molecule has 1 amide bonds. The molecule has 1 fully saturated rings. The van der Waals surface area contributed by atoms with Crippen molar-refractivity contribution in [2.45, 2.75) is 52.0 Å². The molecule has 1 aromatic heterocycles. The van der Waals surface area contributed by atoms with E-state index in [1.165, 1.54) is 24.8 Å². The number of Topliss-reactive ketones (excluding diaryl/α,β-unsaturated/α-hetero) is 1. The number of benzene rings is 1. The summed E-state index contributed by atoms with van der Waals surface area (Å²) < 4.78 is 0. The first kappa shape index (κ1) is 20.1. The number of nitrogens with zero attached hydrogens (tertiary/aromatic N) is 2. The van der Waals surface area contributed by atoms with Crippen molar-refractivity contribution in [2.24, 2.45) is 0 Å². The molecule has 2 aromatic rings. The lowest BCUT2D eigenvalue weighted by Crippen LogP contribution is -2.30. The predicted molar refractivity (Wildman–Crippen MR) is 112 cm³/mol. The predicted octanol–water partition coefficient (Wildman–Crippen LogP) is 3.91. The van der Waals surface area contributed by atoms with Crippen molar-refractivity contribution < 1.29 is 9.59 Å². The van der Waals surface area contributed by atoms with Gasteiger partial charge in [-0.25, -0.2) is 4.98 Å². The van der Waals surface area contributed by atoms with Crippen LogP contribution in [0, 0.1) is 0 Å². The van der Waals surface area contributed by atoms with Crippen molar-refractivity contribution in [1.29, 1.82) is 0 Å². The fourth-order valence-corrected chi connectivity index (χ4v) is 3.45. The van der Waals surface area contributed by atoms with Crippen LogP contribution in [0.3, 0.4) is 0 Å². The molecule has 0 atom stereocenters. The van der Waals surface area contributed by atoms with Gasteiger partial charge in [-0.05, 0) is 48.9 Å². The van der Waals surface area contributed by atoms with E-state index in [0.717, 1.165) is 30.9 Å². The maximum absolute atomic E-state index is 12.2. The first-order chi connectivity index (χ1) is 13.7. The Morgan fingerprint density at radius 3 is 2.46 bits per heavy atom. The number of aryl methyl sites for hydroxylation is 1. The van der Waals surface area contributed by atoms with Crippen molar-refractivity contribution in [3.63, 3.8) is 0 Å². The van der Waals surface area contributed by atoms with Crippen LogP contribution in [0.2, 0.25) is 0 Å². The quantitative estimate of drug-likeness (QED) is 0.706. The second kappa shape index (κ2) is 10.0. The van der Waals surface area contributed by atoms with Crippen LogP contribution in [0.5, 0.6) is 0 Å². The van der Waals surface area contributed by atoms with E-state index >= 15 is 0 Å². The minimum absolute atomic E-state index is 0.00842. The molecule has 0 spiro atoms. The molecule has 148 valence electrons. The van der Waals surface area contributed by atoms with E-state index in [2.05, 4.69) is 22.1 Å². The molecule has 5 heteroatoms. The molecule has 1 aliphatic heterocycles. The second-order valence-corrected chi connectivity index (χ2v) is 7.32. The Bertz CT molecular complexity index is 796.